The number of aromatic nitrogens is 2. The fourth-order valence-corrected chi connectivity index (χ4v) is 2.87. The number of nitrogens with one attached hydrogen (secondary N) is 1. The van der Waals surface area contributed by atoms with Crippen molar-refractivity contribution in [2.75, 3.05) is 31.1 Å². The standard InChI is InChI=1S/C11H12N4OS/c16-9-8-2-1-3-13-10(8)17-11(14-9)15-6-4-12-5-7-15/h1-3,12H,4-7H2. The highest BCUT2D eigenvalue weighted by molar-refractivity contribution is 7.21. The maximum Gasteiger partial charge on any atom is 0.282 e. The van der Waals surface area contributed by atoms with Crippen molar-refractivity contribution in [3.05, 3.63) is 28.7 Å². The average molecular weight is 248 g/mol. The van der Waals surface area contributed by atoms with E-state index in [9.17, 15) is 4.79 Å². The van der Waals surface area contributed by atoms with Crippen LogP contribution >= 0.6 is 11.3 Å². The number of anilines is 1. The van der Waals surface area contributed by atoms with Crippen molar-refractivity contribution in [1.29, 1.82) is 0 Å². The number of hydrogen-bond donors (Lipinski definition) is 1. The zero-order valence-corrected chi connectivity index (χ0v) is 10.0. The average Bonchev–Trinajstić information content (AvgIpc) is 2.40. The van der Waals surface area contributed by atoms with E-state index in [1.165, 1.54) is 11.3 Å². The van der Waals surface area contributed by atoms with E-state index >= 15 is 0 Å². The number of rotatable bonds is 1. The Hall–Kier alpha value is -1.53. The summed E-state index contributed by atoms with van der Waals surface area (Å²) >= 11 is 1.48. The van der Waals surface area contributed by atoms with Gasteiger partial charge in [0.2, 0.25) is 0 Å². The van der Waals surface area contributed by atoms with E-state index < -0.39 is 0 Å². The molecule has 0 unspecified atom stereocenters. The van der Waals surface area contributed by atoms with Gasteiger partial charge in [-0.2, -0.15) is 4.98 Å². The molecule has 1 N–H and O–H groups in total. The van der Waals surface area contributed by atoms with Gasteiger partial charge in [-0.15, -0.1) is 0 Å². The number of pyridine rings is 1. The largest absolute Gasteiger partial charge is 0.345 e. The molecule has 0 bridgehead atoms. The van der Waals surface area contributed by atoms with E-state index in [0.717, 1.165) is 36.1 Å². The third kappa shape index (κ3) is 2.01. The summed E-state index contributed by atoms with van der Waals surface area (Å²) in [7, 11) is 0. The van der Waals surface area contributed by atoms with Crippen molar-refractivity contribution < 1.29 is 0 Å². The second-order valence-corrected chi connectivity index (χ2v) is 4.85. The lowest BCUT2D eigenvalue weighted by Gasteiger charge is -2.27. The third-order valence-electron chi connectivity index (χ3n) is 2.77. The van der Waals surface area contributed by atoms with Crippen molar-refractivity contribution in [2.45, 2.75) is 0 Å². The van der Waals surface area contributed by atoms with E-state index in [4.69, 9.17) is 0 Å². The molecule has 88 valence electrons. The molecule has 1 saturated heterocycles. The fraction of sp³-hybridized carbons (Fsp3) is 0.364. The van der Waals surface area contributed by atoms with Gasteiger partial charge < -0.3 is 10.2 Å². The van der Waals surface area contributed by atoms with Crippen LogP contribution in [-0.2, 0) is 0 Å². The van der Waals surface area contributed by atoms with Gasteiger partial charge in [0.05, 0.1) is 5.39 Å². The number of nitrogens with zero attached hydrogens (tertiary/aromatic N) is 3. The maximum absolute atomic E-state index is 11.9. The lowest BCUT2D eigenvalue weighted by atomic mass is 10.4. The maximum atomic E-state index is 11.9. The van der Waals surface area contributed by atoms with E-state index in [0.29, 0.717) is 5.39 Å². The van der Waals surface area contributed by atoms with Gasteiger partial charge in [-0.05, 0) is 12.1 Å². The van der Waals surface area contributed by atoms with Gasteiger partial charge in [0, 0.05) is 32.4 Å². The van der Waals surface area contributed by atoms with Gasteiger partial charge in [0.1, 0.15) is 4.83 Å². The summed E-state index contributed by atoms with van der Waals surface area (Å²) < 4.78 is 0. The molecule has 2 aromatic rings. The van der Waals surface area contributed by atoms with Crippen LogP contribution in [0.25, 0.3) is 10.2 Å². The molecule has 0 aliphatic carbocycles. The zero-order chi connectivity index (χ0) is 11.7. The van der Waals surface area contributed by atoms with E-state index in [-0.39, 0.29) is 5.56 Å². The zero-order valence-electron chi connectivity index (χ0n) is 9.22. The Morgan fingerprint density at radius 3 is 3.00 bits per heavy atom. The van der Waals surface area contributed by atoms with Crippen molar-refractivity contribution >= 4 is 26.7 Å². The Kier molecular flexibility index (Phi) is 2.74. The first-order valence-electron chi connectivity index (χ1n) is 5.56. The molecule has 6 heteroatoms. The van der Waals surface area contributed by atoms with Crippen molar-refractivity contribution in [1.82, 2.24) is 15.3 Å². The molecule has 0 atom stereocenters. The lowest BCUT2D eigenvalue weighted by molar-refractivity contribution is 0.588. The second-order valence-electron chi connectivity index (χ2n) is 3.89. The van der Waals surface area contributed by atoms with Gasteiger partial charge >= 0.3 is 0 Å². The van der Waals surface area contributed by atoms with Crippen LogP contribution in [0, 0.1) is 0 Å². The molecule has 0 saturated carbocycles. The van der Waals surface area contributed by atoms with Crippen LogP contribution in [0.2, 0.25) is 0 Å². The third-order valence-corrected chi connectivity index (χ3v) is 3.82. The Labute approximate surface area is 102 Å². The van der Waals surface area contributed by atoms with E-state index in [1.807, 2.05) is 0 Å². The number of fused-ring (bicyclic) bond motifs is 1. The van der Waals surface area contributed by atoms with Crippen LogP contribution in [0.3, 0.4) is 0 Å². The Bertz CT molecular complexity index is 591. The molecule has 1 fully saturated rings. The first-order chi connectivity index (χ1) is 8.34. The highest BCUT2D eigenvalue weighted by Gasteiger charge is 2.14. The van der Waals surface area contributed by atoms with Crippen LogP contribution < -0.4 is 15.8 Å². The van der Waals surface area contributed by atoms with Crippen LogP contribution in [0.5, 0.6) is 0 Å². The predicted octanol–water partition coefficient (Wildman–Crippen LogP) is 0.461. The monoisotopic (exact) mass is 248 g/mol. The summed E-state index contributed by atoms with van der Waals surface area (Å²) in [6.45, 7) is 3.65. The Balaban J connectivity index is 2.08. The minimum absolute atomic E-state index is 0.180. The Morgan fingerprint density at radius 2 is 2.18 bits per heavy atom. The minimum atomic E-state index is -0.180. The van der Waals surface area contributed by atoms with Crippen molar-refractivity contribution in [3.8, 4) is 0 Å². The predicted molar refractivity (Wildman–Crippen MR) is 68.8 cm³/mol. The SMILES string of the molecule is O=c1nc(N2CCNCC2)sc2ncccc12. The summed E-state index contributed by atoms with van der Waals surface area (Å²) in [5.41, 5.74) is -0.180. The second kappa shape index (κ2) is 4.38. The molecule has 0 radical (unpaired) electrons. The van der Waals surface area contributed by atoms with Gasteiger partial charge in [-0.1, -0.05) is 11.3 Å². The molecule has 1 aliphatic rings. The minimum Gasteiger partial charge on any atom is -0.345 e. The highest BCUT2D eigenvalue weighted by atomic mass is 32.1. The normalized spacial score (nSPS) is 16.4. The molecule has 0 amide bonds. The van der Waals surface area contributed by atoms with Gasteiger partial charge in [0.25, 0.3) is 5.56 Å². The summed E-state index contributed by atoms with van der Waals surface area (Å²) in [6, 6.07) is 3.54. The van der Waals surface area contributed by atoms with Gasteiger partial charge in [-0.25, -0.2) is 4.98 Å². The smallest absolute Gasteiger partial charge is 0.282 e. The molecule has 2 aromatic heterocycles. The van der Waals surface area contributed by atoms with Crippen LogP contribution in [0.4, 0.5) is 5.13 Å². The molecular formula is C11H12N4OS. The van der Waals surface area contributed by atoms with Gasteiger partial charge in [-0.3, -0.25) is 4.79 Å². The first kappa shape index (κ1) is 10.6. The van der Waals surface area contributed by atoms with Crippen molar-refractivity contribution in [3.63, 3.8) is 0 Å². The molecule has 3 rings (SSSR count). The number of piperazine rings is 1. The first-order valence-corrected chi connectivity index (χ1v) is 6.38. The Morgan fingerprint density at radius 1 is 1.35 bits per heavy atom. The molecule has 0 aromatic carbocycles. The quantitative estimate of drug-likeness (QED) is 0.794. The van der Waals surface area contributed by atoms with Crippen LogP contribution in [0.15, 0.2) is 23.1 Å². The summed E-state index contributed by atoms with van der Waals surface area (Å²) in [5.74, 6) is 0. The molecule has 5 nitrogen and oxygen atoms in total. The molecule has 17 heavy (non-hydrogen) atoms. The molecular weight excluding hydrogens is 236 g/mol. The highest BCUT2D eigenvalue weighted by Crippen LogP contribution is 2.21. The van der Waals surface area contributed by atoms with Crippen LogP contribution in [-0.4, -0.2) is 36.1 Å². The summed E-state index contributed by atoms with van der Waals surface area (Å²) in [5, 5.41) is 4.67. The molecule has 3 heterocycles. The van der Waals surface area contributed by atoms with E-state index in [1.54, 1.807) is 18.3 Å². The summed E-state index contributed by atoms with van der Waals surface area (Å²) in [6.07, 6.45) is 1.71. The van der Waals surface area contributed by atoms with E-state index in [2.05, 4.69) is 20.2 Å². The lowest BCUT2D eigenvalue weighted by Crippen LogP contribution is -2.44. The van der Waals surface area contributed by atoms with Gasteiger partial charge in [0.15, 0.2) is 5.13 Å². The topological polar surface area (TPSA) is 58.1 Å². The molecule has 0 spiro atoms. The fourth-order valence-electron chi connectivity index (χ4n) is 1.88. The summed E-state index contributed by atoms with van der Waals surface area (Å²) in [4.78, 5) is 23.1. The van der Waals surface area contributed by atoms with Crippen LogP contribution in [0.1, 0.15) is 0 Å². The number of hydrogen-bond acceptors (Lipinski definition) is 6. The van der Waals surface area contributed by atoms with Crippen molar-refractivity contribution in [2.24, 2.45) is 0 Å². The molecule has 1 aliphatic heterocycles.